The van der Waals surface area contributed by atoms with Crippen molar-refractivity contribution in [2.75, 3.05) is 49.5 Å². The molecule has 1 saturated heterocycles. The van der Waals surface area contributed by atoms with E-state index in [0.717, 1.165) is 68.6 Å². The fourth-order valence-electron chi connectivity index (χ4n) is 4.40. The first-order valence-corrected chi connectivity index (χ1v) is 13.1. The largest absolute Gasteiger partial charge is 0.353 e. The van der Waals surface area contributed by atoms with Crippen molar-refractivity contribution in [2.45, 2.75) is 46.3 Å². The van der Waals surface area contributed by atoms with Crippen molar-refractivity contribution in [2.24, 2.45) is 0 Å². The summed E-state index contributed by atoms with van der Waals surface area (Å²) in [4.78, 5) is 18.8. The first-order valence-electron chi connectivity index (χ1n) is 13.1. The number of pyridine rings is 1. The van der Waals surface area contributed by atoms with Crippen molar-refractivity contribution in [1.82, 2.24) is 30.5 Å². The number of piperazine rings is 1. The van der Waals surface area contributed by atoms with Crippen LogP contribution < -0.4 is 20.9 Å². The van der Waals surface area contributed by atoms with Crippen LogP contribution >= 0.6 is 0 Å². The SMILES string of the molecule is CC(C)NCCN(c1ccc(-c2ccnc(Nc3cccc(CN4CCNCC4)c3)n2)cn1)C(C)C. The Labute approximate surface area is 215 Å². The van der Waals surface area contributed by atoms with E-state index >= 15 is 0 Å². The Kier molecular flexibility index (Phi) is 9.22. The molecule has 0 aliphatic carbocycles. The summed E-state index contributed by atoms with van der Waals surface area (Å²) in [7, 11) is 0. The minimum atomic E-state index is 0.370. The van der Waals surface area contributed by atoms with Crippen LogP contribution in [0.3, 0.4) is 0 Å². The molecule has 1 aliphatic rings. The van der Waals surface area contributed by atoms with Crippen molar-refractivity contribution < 1.29 is 0 Å². The molecule has 0 saturated carbocycles. The minimum Gasteiger partial charge on any atom is -0.353 e. The van der Waals surface area contributed by atoms with Gasteiger partial charge in [0.05, 0.1) is 5.69 Å². The summed E-state index contributed by atoms with van der Waals surface area (Å²) in [6.45, 7) is 15.8. The van der Waals surface area contributed by atoms with E-state index in [0.29, 0.717) is 18.0 Å². The third-order valence-corrected chi connectivity index (χ3v) is 6.32. The van der Waals surface area contributed by atoms with Crippen LogP contribution in [0.15, 0.2) is 54.9 Å². The highest BCUT2D eigenvalue weighted by molar-refractivity contribution is 5.63. The van der Waals surface area contributed by atoms with E-state index in [-0.39, 0.29) is 0 Å². The van der Waals surface area contributed by atoms with E-state index in [1.807, 2.05) is 12.3 Å². The molecule has 2 aromatic heterocycles. The molecule has 4 rings (SSSR count). The molecule has 3 N–H and O–H groups in total. The molecular formula is C28H40N8. The van der Waals surface area contributed by atoms with E-state index in [9.17, 15) is 0 Å². The lowest BCUT2D eigenvalue weighted by Gasteiger charge is -2.28. The maximum Gasteiger partial charge on any atom is 0.227 e. The highest BCUT2D eigenvalue weighted by Crippen LogP contribution is 2.22. The standard InChI is InChI=1S/C28H40N8/c1-21(2)30-14-17-36(22(3)4)27-9-8-24(19-32-27)26-10-11-31-28(34-26)33-25-7-5-6-23(18-25)20-35-15-12-29-13-16-35/h5-11,18-19,21-22,29-30H,12-17,20H2,1-4H3,(H,31,33,34). The van der Waals surface area contributed by atoms with Gasteiger partial charge in [0.25, 0.3) is 0 Å². The maximum absolute atomic E-state index is 4.76. The summed E-state index contributed by atoms with van der Waals surface area (Å²) in [6.07, 6.45) is 3.70. The normalized spacial score (nSPS) is 14.4. The van der Waals surface area contributed by atoms with E-state index in [2.05, 4.69) is 94.8 Å². The van der Waals surface area contributed by atoms with Crippen LogP contribution in [0.2, 0.25) is 0 Å². The topological polar surface area (TPSA) is 81.2 Å². The molecule has 0 amide bonds. The number of nitrogens with one attached hydrogen (secondary N) is 3. The summed E-state index contributed by atoms with van der Waals surface area (Å²) >= 11 is 0. The van der Waals surface area contributed by atoms with Gasteiger partial charge in [0, 0.05) is 81.5 Å². The van der Waals surface area contributed by atoms with Gasteiger partial charge in [0.15, 0.2) is 0 Å². The van der Waals surface area contributed by atoms with Gasteiger partial charge in [-0.25, -0.2) is 15.0 Å². The monoisotopic (exact) mass is 488 g/mol. The molecule has 0 unspecified atom stereocenters. The van der Waals surface area contributed by atoms with Gasteiger partial charge < -0.3 is 20.9 Å². The lowest BCUT2D eigenvalue weighted by Crippen LogP contribution is -2.42. The second kappa shape index (κ2) is 12.8. The van der Waals surface area contributed by atoms with E-state index in [1.54, 1.807) is 6.20 Å². The predicted molar refractivity (Wildman–Crippen MR) is 149 cm³/mol. The van der Waals surface area contributed by atoms with Crippen molar-refractivity contribution in [3.63, 3.8) is 0 Å². The van der Waals surface area contributed by atoms with E-state index in [1.165, 1.54) is 5.56 Å². The van der Waals surface area contributed by atoms with Crippen LogP contribution in [-0.4, -0.2) is 71.2 Å². The molecule has 1 fully saturated rings. The third kappa shape index (κ3) is 7.46. The van der Waals surface area contributed by atoms with Crippen LogP contribution in [0.4, 0.5) is 17.5 Å². The maximum atomic E-state index is 4.76. The van der Waals surface area contributed by atoms with Gasteiger partial charge in [-0.1, -0.05) is 26.0 Å². The zero-order valence-electron chi connectivity index (χ0n) is 22.0. The zero-order valence-corrected chi connectivity index (χ0v) is 22.0. The Balaban J connectivity index is 1.42. The summed E-state index contributed by atoms with van der Waals surface area (Å²) in [5.41, 5.74) is 4.11. The molecule has 0 bridgehead atoms. The van der Waals surface area contributed by atoms with Crippen LogP contribution in [0.5, 0.6) is 0 Å². The smallest absolute Gasteiger partial charge is 0.227 e. The molecule has 0 radical (unpaired) electrons. The molecule has 3 heterocycles. The fourth-order valence-corrected chi connectivity index (χ4v) is 4.40. The van der Waals surface area contributed by atoms with Gasteiger partial charge in [0.2, 0.25) is 5.95 Å². The van der Waals surface area contributed by atoms with Gasteiger partial charge in [-0.15, -0.1) is 0 Å². The summed E-state index contributed by atoms with van der Waals surface area (Å²) in [5, 5.41) is 10.3. The average Bonchev–Trinajstić information content (AvgIpc) is 2.87. The Morgan fingerprint density at radius 1 is 1.03 bits per heavy atom. The molecule has 36 heavy (non-hydrogen) atoms. The van der Waals surface area contributed by atoms with Crippen molar-refractivity contribution in [3.8, 4) is 11.3 Å². The number of aromatic nitrogens is 3. The summed E-state index contributed by atoms with van der Waals surface area (Å²) in [6, 6.07) is 15.5. The average molecular weight is 489 g/mol. The summed E-state index contributed by atoms with van der Waals surface area (Å²) in [5.74, 6) is 1.56. The van der Waals surface area contributed by atoms with Gasteiger partial charge in [-0.3, -0.25) is 4.90 Å². The number of rotatable bonds is 11. The molecular weight excluding hydrogens is 448 g/mol. The fraction of sp³-hybridized carbons (Fsp3) is 0.464. The van der Waals surface area contributed by atoms with Crippen LogP contribution in [0.25, 0.3) is 11.3 Å². The second-order valence-electron chi connectivity index (χ2n) is 9.92. The minimum absolute atomic E-state index is 0.370. The van der Waals surface area contributed by atoms with Crippen LogP contribution in [-0.2, 0) is 6.54 Å². The predicted octanol–water partition coefficient (Wildman–Crippen LogP) is 3.90. The second-order valence-corrected chi connectivity index (χ2v) is 9.92. The molecule has 0 atom stereocenters. The number of nitrogens with zero attached hydrogens (tertiary/aromatic N) is 5. The van der Waals surface area contributed by atoms with E-state index < -0.39 is 0 Å². The third-order valence-electron chi connectivity index (χ3n) is 6.32. The molecule has 0 spiro atoms. The highest BCUT2D eigenvalue weighted by Gasteiger charge is 2.13. The van der Waals surface area contributed by atoms with Crippen LogP contribution in [0.1, 0.15) is 33.3 Å². The van der Waals surface area contributed by atoms with Gasteiger partial charge in [0.1, 0.15) is 5.82 Å². The lowest BCUT2D eigenvalue weighted by atomic mass is 10.1. The Hall–Kier alpha value is -3.07. The first-order chi connectivity index (χ1) is 17.5. The molecule has 8 heteroatoms. The molecule has 3 aromatic rings. The number of hydrogen-bond acceptors (Lipinski definition) is 8. The quantitative estimate of drug-likeness (QED) is 0.375. The first kappa shape index (κ1) is 26.0. The number of benzene rings is 1. The van der Waals surface area contributed by atoms with E-state index in [4.69, 9.17) is 9.97 Å². The molecule has 192 valence electrons. The van der Waals surface area contributed by atoms with Crippen molar-refractivity contribution in [3.05, 3.63) is 60.4 Å². The van der Waals surface area contributed by atoms with Gasteiger partial charge in [-0.2, -0.15) is 0 Å². The Morgan fingerprint density at radius 2 is 1.86 bits per heavy atom. The summed E-state index contributed by atoms with van der Waals surface area (Å²) < 4.78 is 0. The highest BCUT2D eigenvalue weighted by atomic mass is 15.2. The lowest BCUT2D eigenvalue weighted by molar-refractivity contribution is 0.233. The van der Waals surface area contributed by atoms with Crippen molar-refractivity contribution >= 4 is 17.5 Å². The zero-order chi connectivity index (χ0) is 25.3. The molecule has 8 nitrogen and oxygen atoms in total. The Morgan fingerprint density at radius 3 is 2.58 bits per heavy atom. The number of hydrogen-bond donors (Lipinski definition) is 3. The Bertz CT molecular complexity index is 1080. The van der Waals surface area contributed by atoms with Crippen LogP contribution in [0, 0.1) is 0 Å². The molecule has 1 aromatic carbocycles. The molecule has 1 aliphatic heterocycles. The number of anilines is 3. The van der Waals surface area contributed by atoms with Crippen molar-refractivity contribution in [1.29, 1.82) is 0 Å². The van der Waals surface area contributed by atoms with Gasteiger partial charge in [-0.05, 0) is 49.7 Å². The van der Waals surface area contributed by atoms with Gasteiger partial charge >= 0.3 is 0 Å².